The minimum Gasteiger partial charge on any atom is -0.283 e. The maximum absolute atomic E-state index is 13.6. The van der Waals surface area contributed by atoms with Gasteiger partial charge in [0.05, 0.1) is 28.5 Å². The molecular formula is C33H28N6OS. The van der Waals surface area contributed by atoms with Crippen LogP contribution in [0.2, 0.25) is 0 Å². The van der Waals surface area contributed by atoms with E-state index in [2.05, 4.69) is 41.4 Å². The summed E-state index contributed by atoms with van der Waals surface area (Å²) in [6.07, 6.45) is 1.75. The first-order valence-electron chi connectivity index (χ1n) is 13.2. The van der Waals surface area contributed by atoms with E-state index in [9.17, 15) is 4.79 Å². The summed E-state index contributed by atoms with van der Waals surface area (Å²) in [6, 6.07) is 34.0. The van der Waals surface area contributed by atoms with Crippen molar-refractivity contribution in [3.8, 4) is 28.1 Å². The molecule has 3 aromatic heterocycles. The Balaban J connectivity index is 1.51. The predicted octanol–water partition coefficient (Wildman–Crippen LogP) is 6.58. The number of hydrogen-bond acceptors (Lipinski definition) is 5. The monoisotopic (exact) mass is 556 g/mol. The van der Waals surface area contributed by atoms with Crippen LogP contribution in [0.25, 0.3) is 28.1 Å². The topological polar surface area (TPSA) is 69.5 Å². The summed E-state index contributed by atoms with van der Waals surface area (Å²) in [6.45, 7) is 3.83. The van der Waals surface area contributed by atoms with Crippen LogP contribution in [0, 0.1) is 6.92 Å². The van der Waals surface area contributed by atoms with Crippen molar-refractivity contribution in [3.05, 3.63) is 141 Å². The molecule has 0 radical (unpaired) electrons. The van der Waals surface area contributed by atoms with E-state index < -0.39 is 0 Å². The number of thiazole rings is 1. The molecule has 0 bridgehead atoms. The number of aromatic nitrogens is 4. The second kappa shape index (κ2) is 11.2. The predicted molar refractivity (Wildman–Crippen MR) is 166 cm³/mol. The molecule has 0 aliphatic carbocycles. The zero-order chi connectivity index (χ0) is 28.3. The van der Waals surface area contributed by atoms with E-state index in [1.807, 2.05) is 102 Å². The summed E-state index contributed by atoms with van der Waals surface area (Å²) in [5, 5.41) is 6.99. The Morgan fingerprint density at radius 1 is 0.805 bits per heavy atom. The number of pyridine rings is 1. The molecule has 0 saturated carbocycles. The van der Waals surface area contributed by atoms with Crippen LogP contribution in [0.4, 0.5) is 5.69 Å². The van der Waals surface area contributed by atoms with E-state index in [0.717, 1.165) is 45.2 Å². The molecule has 0 unspecified atom stereocenters. The first-order valence-corrected chi connectivity index (χ1v) is 14.1. The van der Waals surface area contributed by atoms with Gasteiger partial charge in [-0.25, -0.2) is 14.4 Å². The average Bonchev–Trinajstić information content (AvgIpc) is 3.51. The highest BCUT2D eigenvalue weighted by Gasteiger charge is 2.17. The van der Waals surface area contributed by atoms with Gasteiger partial charge < -0.3 is 0 Å². The molecule has 0 atom stereocenters. The summed E-state index contributed by atoms with van der Waals surface area (Å²) >= 11 is 1.44. The lowest BCUT2D eigenvalue weighted by molar-refractivity contribution is 0.630. The third kappa shape index (κ3) is 5.13. The quantitative estimate of drug-likeness (QED) is 0.218. The van der Waals surface area contributed by atoms with Crippen molar-refractivity contribution in [2.75, 3.05) is 0 Å². The third-order valence-electron chi connectivity index (χ3n) is 6.99. The Hall–Kier alpha value is -5.08. The van der Waals surface area contributed by atoms with Gasteiger partial charge in [-0.3, -0.25) is 14.5 Å². The minimum atomic E-state index is -0.185. The van der Waals surface area contributed by atoms with Gasteiger partial charge in [0.15, 0.2) is 5.69 Å². The van der Waals surface area contributed by atoms with Crippen molar-refractivity contribution in [3.63, 3.8) is 0 Å². The fraction of sp³-hybridized carbons (Fsp3) is 0.0909. The molecular weight excluding hydrogens is 528 g/mol. The summed E-state index contributed by atoms with van der Waals surface area (Å²) < 4.78 is 5.28. The zero-order valence-corrected chi connectivity index (χ0v) is 23.8. The molecule has 202 valence electrons. The summed E-state index contributed by atoms with van der Waals surface area (Å²) in [7, 11) is 1.87. The Kier molecular flexibility index (Phi) is 7.14. The molecule has 3 aromatic carbocycles. The van der Waals surface area contributed by atoms with Gasteiger partial charge >= 0.3 is 0 Å². The maximum Gasteiger partial charge on any atom is 0.297 e. The van der Waals surface area contributed by atoms with Crippen LogP contribution < -0.4 is 10.4 Å². The van der Waals surface area contributed by atoms with Crippen LogP contribution in [0.3, 0.4) is 0 Å². The summed E-state index contributed by atoms with van der Waals surface area (Å²) in [4.78, 5) is 23.6. The lowest BCUT2D eigenvalue weighted by Gasteiger charge is -2.07. The highest BCUT2D eigenvalue weighted by atomic mass is 32.1. The lowest BCUT2D eigenvalue weighted by Crippen LogP contribution is -2.20. The highest BCUT2D eigenvalue weighted by molar-refractivity contribution is 7.07. The molecule has 3 heterocycles. The van der Waals surface area contributed by atoms with E-state index >= 15 is 0 Å². The van der Waals surface area contributed by atoms with E-state index in [0.29, 0.717) is 10.5 Å². The van der Waals surface area contributed by atoms with E-state index in [4.69, 9.17) is 10.1 Å². The van der Waals surface area contributed by atoms with Crippen molar-refractivity contribution in [1.82, 2.24) is 19.0 Å². The largest absolute Gasteiger partial charge is 0.297 e. The van der Waals surface area contributed by atoms with E-state index in [-0.39, 0.29) is 5.56 Å². The minimum absolute atomic E-state index is 0.185. The second-order valence-corrected chi connectivity index (χ2v) is 10.4. The lowest BCUT2D eigenvalue weighted by atomic mass is 10.0. The SMILES string of the molecule is CC(=Nn1c(-c2ccc(-c3ccccc3)cc2)csc1=Nc1c(C)n(C)n(-c2ccccc2)c1=O)c1ccccn1. The zero-order valence-electron chi connectivity index (χ0n) is 23.0. The molecule has 0 aliphatic rings. The van der Waals surface area contributed by atoms with Crippen LogP contribution in [-0.4, -0.2) is 24.7 Å². The van der Waals surface area contributed by atoms with E-state index in [1.165, 1.54) is 11.3 Å². The average molecular weight is 557 g/mol. The van der Waals surface area contributed by atoms with Crippen LogP contribution in [0.15, 0.2) is 130 Å². The summed E-state index contributed by atoms with van der Waals surface area (Å²) in [5.74, 6) is 0. The van der Waals surface area contributed by atoms with Gasteiger partial charge in [0.1, 0.15) is 0 Å². The van der Waals surface area contributed by atoms with Crippen LogP contribution in [-0.2, 0) is 7.05 Å². The first-order chi connectivity index (χ1) is 20.0. The van der Waals surface area contributed by atoms with Gasteiger partial charge in [0, 0.05) is 24.2 Å². The molecule has 0 spiro atoms. The van der Waals surface area contributed by atoms with E-state index in [1.54, 1.807) is 10.9 Å². The third-order valence-corrected chi connectivity index (χ3v) is 7.81. The Labute approximate surface area is 241 Å². The van der Waals surface area contributed by atoms with Crippen molar-refractivity contribution >= 4 is 22.7 Å². The van der Waals surface area contributed by atoms with Crippen LogP contribution >= 0.6 is 11.3 Å². The molecule has 0 aliphatic heterocycles. The van der Waals surface area contributed by atoms with Crippen molar-refractivity contribution < 1.29 is 0 Å². The standard InChI is InChI=1S/C33H28N6OS/c1-23(29-16-10-11-21-34-29)36-38-30(27-19-17-26(18-20-27)25-12-6-4-7-13-25)22-41-33(38)35-31-24(2)37(3)39(32(31)40)28-14-8-5-9-15-28/h4-22H,1-3H3. The van der Waals surface area contributed by atoms with Gasteiger partial charge in [-0.1, -0.05) is 78.9 Å². The number of hydrogen-bond donors (Lipinski definition) is 0. The van der Waals surface area contributed by atoms with Gasteiger partial charge in [-0.15, -0.1) is 11.3 Å². The smallest absolute Gasteiger partial charge is 0.283 e. The Morgan fingerprint density at radius 3 is 2.12 bits per heavy atom. The van der Waals surface area contributed by atoms with Gasteiger partial charge in [-0.05, 0) is 49.2 Å². The Morgan fingerprint density at radius 2 is 1.44 bits per heavy atom. The second-order valence-electron chi connectivity index (χ2n) is 9.58. The van der Waals surface area contributed by atoms with Gasteiger partial charge in [0.2, 0.25) is 4.80 Å². The summed E-state index contributed by atoms with van der Waals surface area (Å²) in [5.41, 5.74) is 7.40. The Bertz CT molecular complexity index is 1960. The van der Waals surface area contributed by atoms with Crippen molar-refractivity contribution in [2.45, 2.75) is 13.8 Å². The van der Waals surface area contributed by atoms with Gasteiger partial charge in [-0.2, -0.15) is 5.10 Å². The van der Waals surface area contributed by atoms with Crippen molar-refractivity contribution in [1.29, 1.82) is 0 Å². The molecule has 0 saturated heterocycles. The number of rotatable bonds is 6. The van der Waals surface area contributed by atoms with Crippen LogP contribution in [0.5, 0.6) is 0 Å². The first kappa shape index (κ1) is 26.2. The number of nitrogens with zero attached hydrogens (tertiary/aromatic N) is 6. The maximum atomic E-state index is 13.6. The van der Waals surface area contributed by atoms with Crippen molar-refractivity contribution in [2.24, 2.45) is 17.1 Å². The normalized spacial score (nSPS) is 12.2. The number of para-hydroxylation sites is 1. The highest BCUT2D eigenvalue weighted by Crippen LogP contribution is 2.26. The molecule has 0 amide bonds. The molecule has 8 heteroatoms. The fourth-order valence-electron chi connectivity index (χ4n) is 4.69. The molecule has 6 rings (SSSR count). The van der Waals surface area contributed by atoms with Crippen LogP contribution in [0.1, 0.15) is 18.3 Å². The number of benzene rings is 3. The molecule has 0 fully saturated rings. The molecule has 7 nitrogen and oxygen atoms in total. The molecule has 41 heavy (non-hydrogen) atoms. The van der Waals surface area contributed by atoms with Gasteiger partial charge in [0.25, 0.3) is 5.56 Å². The molecule has 0 N–H and O–H groups in total. The fourth-order valence-corrected chi connectivity index (χ4v) is 5.53. The molecule has 6 aromatic rings.